The number of rotatable bonds is 6. The standard InChI is InChI=1S/C21H28N2O/c1-18-7-9-20(10-8-18)21(24)17-23-15-13-22(14-16-23)12-11-19-5-3-2-4-6-19/h2-10,21,24H,11-17H2,1H3. The molecule has 0 aliphatic carbocycles. The van der Waals surface area contributed by atoms with Crippen molar-refractivity contribution in [3.05, 3.63) is 71.3 Å². The lowest BCUT2D eigenvalue weighted by Gasteiger charge is -2.35. The summed E-state index contributed by atoms with van der Waals surface area (Å²) in [5.74, 6) is 0. The molecule has 1 saturated heterocycles. The molecule has 0 aromatic heterocycles. The van der Waals surface area contributed by atoms with Crippen molar-refractivity contribution in [3.63, 3.8) is 0 Å². The Morgan fingerprint density at radius 1 is 0.875 bits per heavy atom. The van der Waals surface area contributed by atoms with Crippen molar-refractivity contribution in [2.75, 3.05) is 39.3 Å². The van der Waals surface area contributed by atoms with Gasteiger partial charge in [0.05, 0.1) is 6.10 Å². The third-order valence-corrected chi connectivity index (χ3v) is 4.92. The molecule has 1 aliphatic rings. The summed E-state index contributed by atoms with van der Waals surface area (Å²) in [6.45, 7) is 8.19. The van der Waals surface area contributed by atoms with Crippen LogP contribution in [-0.2, 0) is 6.42 Å². The predicted molar refractivity (Wildman–Crippen MR) is 99.2 cm³/mol. The summed E-state index contributed by atoms with van der Waals surface area (Å²) in [7, 11) is 0. The lowest BCUT2D eigenvalue weighted by atomic mass is 10.1. The first kappa shape index (κ1) is 17.2. The first-order chi connectivity index (χ1) is 11.7. The van der Waals surface area contributed by atoms with E-state index in [9.17, 15) is 5.11 Å². The first-order valence-corrected chi connectivity index (χ1v) is 8.94. The Labute approximate surface area is 145 Å². The Morgan fingerprint density at radius 3 is 2.17 bits per heavy atom. The van der Waals surface area contributed by atoms with E-state index in [-0.39, 0.29) is 6.10 Å². The van der Waals surface area contributed by atoms with E-state index in [0.29, 0.717) is 0 Å². The van der Waals surface area contributed by atoms with Gasteiger partial charge in [0.15, 0.2) is 0 Å². The highest BCUT2D eigenvalue weighted by molar-refractivity contribution is 5.23. The Balaban J connectivity index is 1.41. The summed E-state index contributed by atoms with van der Waals surface area (Å²) in [6, 6.07) is 18.9. The van der Waals surface area contributed by atoms with Crippen molar-refractivity contribution in [1.29, 1.82) is 0 Å². The fourth-order valence-electron chi connectivity index (χ4n) is 3.27. The fourth-order valence-corrected chi connectivity index (χ4v) is 3.27. The van der Waals surface area contributed by atoms with Crippen molar-refractivity contribution in [2.45, 2.75) is 19.4 Å². The SMILES string of the molecule is Cc1ccc(C(O)CN2CCN(CCc3ccccc3)CC2)cc1. The first-order valence-electron chi connectivity index (χ1n) is 8.94. The average molecular weight is 324 g/mol. The maximum absolute atomic E-state index is 10.4. The van der Waals surface area contributed by atoms with Gasteiger partial charge in [-0.15, -0.1) is 0 Å². The highest BCUT2D eigenvalue weighted by Crippen LogP contribution is 2.16. The van der Waals surface area contributed by atoms with Crippen LogP contribution in [0.1, 0.15) is 22.8 Å². The maximum Gasteiger partial charge on any atom is 0.0916 e. The molecular formula is C21H28N2O. The largest absolute Gasteiger partial charge is 0.387 e. The van der Waals surface area contributed by atoms with E-state index in [1.54, 1.807) is 0 Å². The molecule has 0 saturated carbocycles. The molecule has 128 valence electrons. The number of β-amino-alcohol motifs (C(OH)–C–C–N with tert-alkyl or cyclic N) is 1. The van der Waals surface area contributed by atoms with E-state index in [2.05, 4.69) is 59.2 Å². The van der Waals surface area contributed by atoms with Crippen molar-refractivity contribution < 1.29 is 5.11 Å². The average Bonchev–Trinajstić information content (AvgIpc) is 2.62. The molecule has 0 bridgehead atoms. The molecule has 2 aromatic rings. The van der Waals surface area contributed by atoms with Crippen LogP contribution in [0.2, 0.25) is 0 Å². The van der Waals surface area contributed by atoms with Gasteiger partial charge in [0.1, 0.15) is 0 Å². The minimum Gasteiger partial charge on any atom is -0.387 e. The topological polar surface area (TPSA) is 26.7 Å². The van der Waals surface area contributed by atoms with Gasteiger partial charge in [-0.25, -0.2) is 0 Å². The van der Waals surface area contributed by atoms with Crippen LogP contribution >= 0.6 is 0 Å². The van der Waals surface area contributed by atoms with Crippen molar-refractivity contribution in [3.8, 4) is 0 Å². The third-order valence-electron chi connectivity index (χ3n) is 4.92. The monoisotopic (exact) mass is 324 g/mol. The molecule has 24 heavy (non-hydrogen) atoms. The summed E-state index contributed by atoms with van der Waals surface area (Å²) >= 11 is 0. The zero-order valence-corrected chi connectivity index (χ0v) is 14.6. The predicted octanol–water partition coefficient (Wildman–Crippen LogP) is 2.89. The quantitative estimate of drug-likeness (QED) is 0.885. The highest BCUT2D eigenvalue weighted by atomic mass is 16.3. The van der Waals surface area contributed by atoms with Crippen LogP contribution in [-0.4, -0.2) is 54.2 Å². The number of aliphatic hydroxyl groups is 1. The van der Waals surface area contributed by atoms with Gasteiger partial charge in [-0.1, -0.05) is 60.2 Å². The molecule has 0 radical (unpaired) electrons. The lowest BCUT2D eigenvalue weighted by molar-refractivity contribution is 0.0730. The number of benzene rings is 2. The van der Waals surface area contributed by atoms with Gasteiger partial charge in [-0.3, -0.25) is 4.90 Å². The smallest absolute Gasteiger partial charge is 0.0916 e. The molecule has 1 heterocycles. The van der Waals surface area contributed by atoms with Gasteiger partial charge in [-0.2, -0.15) is 0 Å². The number of aliphatic hydroxyl groups excluding tert-OH is 1. The number of hydrogen-bond donors (Lipinski definition) is 1. The van der Waals surface area contributed by atoms with E-state index in [1.165, 1.54) is 11.1 Å². The van der Waals surface area contributed by atoms with E-state index in [4.69, 9.17) is 0 Å². The Hall–Kier alpha value is -1.68. The second kappa shape index (κ2) is 8.43. The second-order valence-electron chi connectivity index (χ2n) is 6.80. The molecular weight excluding hydrogens is 296 g/mol. The molecule has 2 aromatic carbocycles. The lowest BCUT2D eigenvalue weighted by Crippen LogP contribution is -2.47. The van der Waals surface area contributed by atoms with E-state index < -0.39 is 0 Å². The molecule has 1 unspecified atom stereocenters. The van der Waals surface area contributed by atoms with Crippen molar-refractivity contribution in [2.24, 2.45) is 0 Å². The third kappa shape index (κ3) is 4.91. The van der Waals surface area contributed by atoms with Crippen LogP contribution in [0, 0.1) is 6.92 Å². The summed E-state index contributed by atoms with van der Waals surface area (Å²) < 4.78 is 0. The molecule has 0 amide bonds. The van der Waals surface area contributed by atoms with Gasteiger partial charge in [-0.05, 0) is 24.5 Å². The Bertz CT molecular complexity index is 603. The van der Waals surface area contributed by atoms with Crippen LogP contribution in [0.4, 0.5) is 0 Å². The molecule has 0 spiro atoms. The Morgan fingerprint density at radius 2 is 1.50 bits per heavy atom. The number of piperazine rings is 1. The van der Waals surface area contributed by atoms with Crippen LogP contribution in [0.5, 0.6) is 0 Å². The van der Waals surface area contributed by atoms with E-state index in [1.807, 2.05) is 12.1 Å². The van der Waals surface area contributed by atoms with E-state index in [0.717, 1.165) is 51.3 Å². The number of hydrogen-bond acceptors (Lipinski definition) is 3. The van der Waals surface area contributed by atoms with Crippen LogP contribution < -0.4 is 0 Å². The normalized spacial score (nSPS) is 17.8. The summed E-state index contributed by atoms with van der Waals surface area (Å²) in [4.78, 5) is 4.91. The minimum absolute atomic E-state index is 0.388. The summed E-state index contributed by atoms with van der Waals surface area (Å²) in [5.41, 5.74) is 3.67. The Kier molecular flexibility index (Phi) is 6.02. The molecule has 3 heteroatoms. The van der Waals surface area contributed by atoms with Gasteiger partial charge >= 0.3 is 0 Å². The second-order valence-corrected chi connectivity index (χ2v) is 6.80. The molecule has 1 aliphatic heterocycles. The van der Waals surface area contributed by atoms with Crippen molar-refractivity contribution >= 4 is 0 Å². The fraction of sp³-hybridized carbons (Fsp3) is 0.429. The number of nitrogens with zero attached hydrogens (tertiary/aromatic N) is 2. The van der Waals surface area contributed by atoms with Crippen LogP contribution in [0.15, 0.2) is 54.6 Å². The minimum atomic E-state index is -0.388. The van der Waals surface area contributed by atoms with Gasteiger partial charge < -0.3 is 10.0 Å². The van der Waals surface area contributed by atoms with E-state index >= 15 is 0 Å². The van der Waals surface area contributed by atoms with Crippen LogP contribution in [0.25, 0.3) is 0 Å². The van der Waals surface area contributed by atoms with Crippen molar-refractivity contribution in [1.82, 2.24) is 9.80 Å². The number of aryl methyl sites for hydroxylation is 1. The summed E-state index contributed by atoms with van der Waals surface area (Å²) in [5, 5.41) is 10.4. The van der Waals surface area contributed by atoms with Gasteiger partial charge in [0.2, 0.25) is 0 Å². The summed E-state index contributed by atoms with van der Waals surface area (Å²) in [6.07, 6.45) is 0.730. The maximum atomic E-state index is 10.4. The van der Waals surface area contributed by atoms with Gasteiger partial charge in [0, 0.05) is 39.3 Å². The zero-order chi connectivity index (χ0) is 16.8. The zero-order valence-electron chi connectivity index (χ0n) is 14.6. The molecule has 1 fully saturated rings. The molecule has 3 nitrogen and oxygen atoms in total. The molecule has 1 atom stereocenters. The highest BCUT2D eigenvalue weighted by Gasteiger charge is 2.19. The van der Waals surface area contributed by atoms with Crippen LogP contribution in [0.3, 0.4) is 0 Å². The molecule has 3 rings (SSSR count). The van der Waals surface area contributed by atoms with Gasteiger partial charge in [0.25, 0.3) is 0 Å². The molecule has 1 N–H and O–H groups in total.